The Labute approximate surface area is 113 Å². The Morgan fingerprint density at radius 2 is 2.11 bits per heavy atom. The van der Waals surface area contributed by atoms with Crippen molar-refractivity contribution in [2.75, 3.05) is 6.54 Å². The van der Waals surface area contributed by atoms with Crippen LogP contribution in [0.5, 0.6) is 5.75 Å². The van der Waals surface area contributed by atoms with Crippen molar-refractivity contribution >= 4 is 0 Å². The molecule has 4 heteroatoms. The van der Waals surface area contributed by atoms with Gasteiger partial charge in [0.1, 0.15) is 5.75 Å². The molecule has 0 saturated heterocycles. The van der Waals surface area contributed by atoms with Gasteiger partial charge < -0.3 is 10.1 Å². The molecule has 2 nitrogen and oxygen atoms in total. The van der Waals surface area contributed by atoms with Crippen LogP contribution in [0.25, 0.3) is 0 Å². The van der Waals surface area contributed by atoms with Crippen molar-refractivity contribution in [3.63, 3.8) is 0 Å². The van der Waals surface area contributed by atoms with E-state index in [-0.39, 0.29) is 11.8 Å². The zero-order valence-electron chi connectivity index (χ0n) is 11.5. The van der Waals surface area contributed by atoms with Crippen LogP contribution in [0.4, 0.5) is 8.78 Å². The summed E-state index contributed by atoms with van der Waals surface area (Å²) in [7, 11) is 0. The standard InChI is InChI=1S/C15H21F2NO/c1-4-11(3)9-14(18-5-2)12-7-6-8-13(10-12)19-15(16)17/h6-8,10,14-15,18H,3-5,9H2,1-2H3. The third-order valence-corrected chi connectivity index (χ3v) is 2.93. The molecule has 0 aromatic heterocycles. The predicted octanol–water partition coefficient (Wildman–Crippen LogP) is 4.29. The molecule has 0 aliphatic carbocycles. The van der Waals surface area contributed by atoms with Crippen LogP contribution < -0.4 is 10.1 Å². The van der Waals surface area contributed by atoms with Gasteiger partial charge in [-0.2, -0.15) is 8.78 Å². The van der Waals surface area contributed by atoms with E-state index in [1.54, 1.807) is 12.1 Å². The molecule has 0 aliphatic rings. The maximum atomic E-state index is 12.2. The average Bonchev–Trinajstić information content (AvgIpc) is 2.37. The van der Waals surface area contributed by atoms with Gasteiger partial charge in [0.05, 0.1) is 0 Å². The highest BCUT2D eigenvalue weighted by Crippen LogP contribution is 2.25. The third kappa shape index (κ3) is 5.39. The summed E-state index contributed by atoms with van der Waals surface area (Å²) in [6, 6.07) is 6.91. The summed E-state index contributed by atoms with van der Waals surface area (Å²) in [4.78, 5) is 0. The lowest BCUT2D eigenvalue weighted by Crippen LogP contribution is -2.21. The molecule has 1 unspecified atom stereocenters. The van der Waals surface area contributed by atoms with Crippen LogP contribution >= 0.6 is 0 Å². The molecule has 0 aliphatic heterocycles. The highest BCUT2D eigenvalue weighted by Gasteiger charge is 2.13. The Morgan fingerprint density at radius 1 is 1.37 bits per heavy atom. The fourth-order valence-corrected chi connectivity index (χ4v) is 1.89. The number of halogens is 2. The Hall–Kier alpha value is -1.42. The van der Waals surface area contributed by atoms with Crippen LogP contribution in [-0.4, -0.2) is 13.2 Å². The van der Waals surface area contributed by atoms with Gasteiger partial charge >= 0.3 is 6.61 Å². The molecule has 0 spiro atoms. The van der Waals surface area contributed by atoms with Crippen LogP contribution in [0, 0.1) is 0 Å². The molecule has 0 saturated carbocycles. The number of ether oxygens (including phenoxy) is 1. The molecule has 1 aromatic carbocycles. The Kier molecular flexibility index (Phi) is 6.50. The largest absolute Gasteiger partial charge is 0.435 e. The Bertz CT molecular complexity index is 407. The average molecular weight is 269 g/mol. The van der Waals surface area contributed by atoms with Crippen LogP contribution in [0.3, 0.4) is 0 Å². The van der Waals surface area contributed by atoms with E-state index < -0.39 is 6.61 Å². The first-order valence-electron chi connectivity index (χ1n) is 6.51. The highest BCUT2D eigenvalue weighted by molar-refractivity contribution is 5.31. The van der Waals surface area contributed by atoms with Crippen LogP contribution in [0.15, 0.2) is 36.4 Å². The van der Waals surface area contributed by atoms with Gasteiger partial charge in [0.15, 0.2) is 0 Å². The van der Waals surface area contributed by atoms with Crippen LogP contribution in [0.2, 0.25) is 0 Å². The van der Waals surface area contributed by atoms with E-state index in [1.807, 2.05) is 13.0 Å². The second-order valence-corrected chi connectivity index (χ2v) is 4.37. The minimum absolute atomic E-state index is 0.0821. The lowest BCUT2D eigenvalue weighted by Gasteiger charge is -2.20. The minimum atomic E-state index is -2.79. The smallest absolute Gasteiger partial charge is 0.387 e. The van der Waals surface area contributed by atoms with Gasteiger partial charge in [0, 0.05) is 6.04 Å². The summed E-state index contributed by atoms with van der Waals surface area (Å²) in [5.74, 6) is 0.192. The van der Waals surface area contributed by atoms with E-state index >= 15 is 0 Å². The molecule has 1 N–H and O–H groups in total. The van der Waals surface area contributed by atoms with Crippen molar-refractivity contribution in [1.82, 2.24) is 5.32 Å². The van der Waals surface area contributed by atoms with Crippen molar-refractivity contribution in [3.8, 4) is 5.75 Å². The summed E-state index contributed by atoms with van der Waals surface area (Å²) in [6.45, 7) is 6.09. The lowest BCUT2D eigenvalue weighted by molar-refractivity contribution is -0.0499. The summed E-state index contributed by atoms with van der Waals surface area (Å²) >= 11 is 0. The maximum Gasteiger partial charge on any atom is 0.387 e. The van der Waals surface area contributed by atoms with Gasteiger partial charge in [-0.15, -0.1) is 0 Å². The Balaban J connectivity index is 2.85. The van der Waals surface area contributed by atoms with Gasteiger partial charge in [-0.25, -0.2) is 0 Å². The zero-order chi connectivity index (χ0) is 14.3. The summed E-state index contributed by atoms with van der Waals surface area (Å²) in [6.07, 6.45) is 1.71. The number of nitrogens with one attached hydrogen (secondary N) is 1. The van der Waals surface area contributed by atoms with Gasteiger partial charge in [0.25, 0.3) is 0 Å². The highest BCUT2D eigenvalue weighted by atomic mass is 19.3. The first-order valence-corrected chi connectivity index (χ1v) is 6.51. The number of benzene rings is 1. The van der Waals surface area contributed by atoms with Crippen molar-refractivity contribution in [3.05, 3.63) is 42.0 Å². The van der Waals surface area contributed by atoms with Crippen molar-refractivity contribution in [1.29, 1.82) is 0 Å². The summed E-state index contributed by atoms with van der Waals surface area (Å²) < 4.78 is 28.9. The topological polar surface area (TPSA) is 21.3 Å². The maximum absolute atomic E-state index is 12.2. The first kappa shape index (κ1) is 15.6. The van der Waals surface area contributed by atoms with Crippen LogP contribution in [0.1, 0.15) is 38.3 Å². The second kappa shape index (κ2) is 7.89. The molecular formula is C15H21F2NO. The van der Waals surface area contributed by atoms with E-state index in [1.165, 1.54) is 6.07 Å². The van der Waals surface area contributed by atoms with E-state index in [2.05, 4.69) is 23.6 Å². The van der Waals surface area contributed by atoms with Crippen LogP contribution in [-0.2, 0) is 0 Å². The lowest BCUT2D eigenvalue weighted by atomic mass is 9.98. The molecule has 1 aromatic rings. The molecule has 19 heavy (non-hydrogen) atoms. The predicted molar refractivity (Wildman–Crippen MR) is 73.5 cm³/mol. The summed E-state index contributed by atoms with van der Waals surface area (Å²) in [5.41, 5.74) is 2.07. The molecular weight excluding hydrogens is 248 g/mol. The minimum Gasteiger partial charge on any atom is -0.435 e. The SMILES string of the molecule is C=C(CC)CC(NCC)c1cccc(OC(F)F)c1. The molecule has 0 bridgehead atoms. The monoisotopic (exact) mass is 269 g/mol. The first-order chi connectivity index (χ1) is 9.06. The van der Waals surface area contributed by atoms with Crippen molar-refractivity contribution in [2.24, 2.45) is 0 Å². The summed E-state index contributed by atoms with van der Waals surface area (Å²) in [5, 5.41) is 3.34. The zero-order valence-corrected chi connectivity index (χ0v) is 11.5. The molecule has 0 fully saturated rings. The van der Waals surface area contributed by atoms with Crippen molar-refractivity contribution < 1.29 is 13.5 Å². The molecule has 0 radical (unpaired) electrons. The number of hydrogen-bond acceptors (Lipinski definition) is 2. The quantitative estimate of drug-likeness (QED) is 0.711. The van der Waals surface area contributed by atoms with E-state index in [4.69, 9.17) is 0 Å². The number of alkyl halides is 2. The van der Waals surface area contributed by atoms with E-state index in [0.717, 1.165) is 30.5 Å². The van der Waals surface area contributed by atoms with E-state index in [0.29, 0.717) is 0 Å². The fraction of sp³-hybridized carbons (Fsp3) is 0.467. The normalized spacial score (nSPS) is 12.5. The third-order valence-electron chi connectivity index (χ3n) is 2.93. The molecule has 1 atom stereocenters. The number of hydrogen-bond donors (Lipinski definition) is 1. The van der Waals surface area contributed by atoms with Gasteiger partial charge in [-0.3, -0.25) is 0 Å². The molecule has 1 rings (SSSR count). The van der Waals surface area contributed by atoms with Gasteiger partial charge in [-0.1, -0.05) is 38.1 Å². The van der Waals surface area contributed by atoms with E-state index in [9.17, 15) is 8.78 Å². The van der Waals surface area contributed by atoms with Crippen molar-refractivity contribution in [2.45, 2.75) is 39.3 Å². The van der Waals surface area contributed by atoms with Gasteiger partial charge in [-0.05, 0) is 37.1 Å². The number of rotatable bonds is 8. The molecule has 106 valence electrons. The van der Waals surface area contributed by atoms with Gasteiger partial charge in [0.2, 0.25) is 0 Å². The fourth-order valence-electron chi connectivity index (χ4n) is 1.89. The molecule has 0 amide bonds. The molecule has 0 heterocycles. The second-order valence-electron chi connectivity index (χ2n) is 4.37. The Morgan fingerprint density at radius 3 is 2.68 bits per heavy atom.